The molecular weight excluding hydrogens is 268 g/mol. The number of ether oxygens (including phenoxy) is 1. The summed E-state index contributed by atoms with van der Waals surface area (Å²) in [4.78, 5) is 12.6. The molecule has 5 nitrogen and oxygen atoms in total. The molecule has 1 atom stereocenters. The van der Waals surface area contributed by atoms with Gasteiger partial charge in [-0.15, -0.1) is 0 Å². The third-order valence-corrected chi connectivity index (χ3v) is 3.32. The summed E-state index contributed by atoms with van der Waals surface area (Å²) in [5.41, 5.74) is -1.57. The summed E-state index contributed by atoms with van der Waals surface area (Å²) < 4.78 is 5.34. The number of rotatable bonds is 2. The van der Waals surface area contributed by atoms with Crippen molar-refractivity contribution in [3.05, 3.63) is 40.1 Å². The van der Waals surface area contributed by atoms with Crippen LogP contribution in [0.4, 0.5) is 0 Å². The number of carbonyl (C=O) groups is 1. The van der Waals surface area contributed by atoms with E-state index in [0.717, 1.165) is 0 Å². The van der Waals surface area contributed by atoms with Crippen LogP contribution in [-0.2, 0) is 4.74 Å². The molecule has 0 radical (unpaired) electrons. The zero-order valence-corrected chi connectivity index (χ0v) is 11.8. The number of carbonyl (C=O) groups excluding carboxylic acids is 1. The second-order valence-electron chi connectivity index (χ2n) is 5.41. The van der Waals surface area contributed by atoms with Crippen LogP contribution in [0.3, 0.4) is 0 Å². The van der Waals surface area contributed by atoms with E-state index in [9.17, 15) is 10.0 Å². The summed E-state index contributed by atoms with van der Waals surface area (Å²) in [6.45, 7) is 5.11. The van der Waals surface area contributed by atoms with E-state index in [-0.39, 0.29) is 5.56 Å². The lowest BCUT2D eigenvalue weighted by molar-refractivity contribution is -0.589. The lowest BCUT2D eigenvalue weighted by Gasteiger charge is -2.19. The molecule has 0 aliphatic carbocycles. The lowest BCUT2D eigenvalue weighted by Crippen LogP contribution is -2.33. The topological polar surface area (TPSA) is 64.7 Å². The minimum atomic E-state index is -1.15. The number of hydrogen-bond donors (Lipinski definition) is 0. The molecule has 0 saturated carbocycles. The van der Waals surface area contributed by atoms with Gasteiger partial charge in [0.1, 0.15) is 0 Å². The number of halogens is 1. The molecule has 1 aliphatic rings. The molecule has 0 saturated heterocycles. The summed E-state index contributed by atoms with van der Waals surface area (Å²) in [6, 6.07) is 6.60. The fourth-order valence-electron chi connectivity index (χ4n) is 2.17. The van der Waals surface area contributed by atoms with E-state index in [4.69, 9.17) is 16.3 Å². The first-order valence-electron chi connectivity index (χ1n) is 5.92. The van der Waals surface area contributed by atoms with Gasteiger partial charge in [0.05, 0.1) is 17.0 Å². The molecule has 2 rings (SSSR count). The molecule has 1 unspecified atom stereocenters. The molecule has 0 amide bonds. The summed E-state index contributed by atoms with van der Waals surface area (Å²) >= 11 is 5.93. The molecule has 1 heterocycles. The Morgan fingerprint density at radius 3 is 2.58 bits per heavy atom. The molecule has 0 fully saturated rings. The highest BCUT2D eigenvalue weighted by Gasteiger charge is 2.50. The highest BCUT2D eigenvalue weighted by atomic mass is 35.5. The van der Waals surface area contributed by atoms with E-state index in [2.05, 4.69) is 5.11 Å². The average Bonchev–Trinajstić information content (AvgIpc) is 2.47. The minimum absolute atomic E-state index is 0.266. The molecule has 1 aliphatic heterocycles. The monoisotopic (exact) mass is 282 g/mol. The predicted molar refractivity (Wildman–Crippen MR) is 70.0 cm³/mol. The highest BCUT2D eigenvalue weighted by molar-refractivity contribution is 6.33. The zero-order valence-electron chi connectivity index (χ0n) is 11.0. The van der Waals surface area contributed by atoms with Crippen LogP contribution in [0, 0.1) is 5.21 Å². The van der Waals surface area contributed by atoms with Crippen molar-refractivity contribution in [2.24, 2.45) is 5.11 Å². The third kappa shape index (κ3) is 2.71. The van der Waals surface area contributed by atoms with E-state index in [1.165, 1.54) is 0 Å². The van der Waals surface area contributed by atoms with Crippen molar-refractivity contribution in [3.8, 4) is 0 Å². The Labute approximate surface area is 116 Å². The van der Waals surface area contributed by atoms with Crippen LogP contribution in [0.25, 0.3) is 0 Å². The van der Waals surface area contributed by atoms with Crippen molar-refractivity contribution in [1.29, 1.82) is 0 Å². The van der Waals surface area contributed by atoms with Crippen molar-refractivity contribution in [2.45, 2.75) is 38.5 Å². The summed E-state index contributed by atoms with van der Waals surface area (Å²) in [7, 11) is 0. The van der Waals surface area contributed by atoms with Crippen LogP contribution < -0.4 is 0 Å². The Morgan fingerprint density at radius 1 is 1.42 bits per heavy atom. The first-order valence-corrected chi connectivity index (χ1v) is 6.29. The largest absolute Gasteiger partial charge is 0.599 e. The standard InChI is InChI=1S/C13H15ClN2O3/c1-12(2)8-13(3,15-16(12)18)19-11(17)9-6-4-5-7-10(9)14/h4-7H,8H2,1-3H3. The van der Waals surface area contributed by atoms with Gasteiger partial charge >= 0.3 is 5.97 Å². The Hall–Kier alpha value is -1.62. The maximum absolute atomic E-state index is 12.1. The number of hydroxylamine groups is 1. The Morgan fingerprint density at radius 2 is 2.05 bits per heavy atom. The van der Waals surface area contributed by atoms with Crippen LogP contribution in [-0.4, -0.2) is 22.1 Å². The highest BCUT2D eigenvalue weighted by Crippen LogP contribution is 2.35. The van der Waals surface area contributed by atoms with Crippen LogP contribution in [0.5, 0.6) is 0 Å². The average molecular weight is 283 g/mol. The first-order chi connectivity index (χ1) is 8.73. The van der Waals surface area contributed by atoms with Gasteiger partial charge < -0.3 is 9.94 Å². The number of azo groups is 1. The molecule has 102 valence electrons. The normalized spacial score (nSPS) is 24.9. The van der Waals surface area contributed by atoms with E-state index in [1.54, 1.807) is 45.0 Å². The molecule has 0 spiro atoms. The second-order valence-corrected chi connectivity index (χ2v) is 5.81. The molecule has 0 bridgehead atoms. The first kappa shape index (κ1) is 13.8. The van der Waals surface area contributed by atoms with Gasteiger partial charge in [-0.2, -0.15) is 0 Å². The lowest BCUT2D eigenvalue weighted by atomic mass is 9.97. The number of nitrogens with zero attached hydrogens (tertiary/aromatic N) is 2. The van der Waals surface area contributed by atoms with E-state index >= 15 is 0 Å². The number of hydrogen-bond acceptors (Lipinski definition) is 4. The molecular formula is C13H15ClN2O3. The molecule has 19 heavy (non-hydrogen) atoms. The quantitative estimate of drug-likeness (QED) is 0.474. The van der Waals surface area contributed by atoms with E-state index < -0.39 is 17.2 Å². The molecule has 0 N–H and O–H groups in total. The molecule has 1 aromatic rings. The van der Waals surface area contributed by atoms with Crippen molar-refractivity contribution < 1.29 is 14.4 Å². The zero-order chi connectivity index (χ0) is 14.3. The Bertz CT molecular complexity index is 557. The summed E-state index contributed by atoms with van der Waals surface area (Å²) in [6.07, 6.45) is 0.333. The third-order valence-electron chi connectivity index (χ3n) is 2.99. The maximum atomic E-state index is 12.1. The Balaban J connectivity index is 2.20. The van der Waals surface area contributed by atoms with Gasteiger partial charge in [0.15, 0.2) is 5.54 Å². The molecule has 1 aromatic carbocycles. The summed E-state index contributed by atoms with van der Waals surface area (Å²) in [5, 5.41) is 15.8. The van der Waals surface area contributed by atoms with Crippen LogP contribution in [0.2, 0.25) is 5.02 Å². The van der Waals surface area contributed by atoms with Crippen LogP contribution in [0.1, 0.15) is 37.6 Å². The van der Waals surface area contributed by atoms with E-state index in [0.29, 0.717) is 16.3 Å². The van der Waals surface area contributed by atoms with Gasteiger partial charge in [-0.25, -0.2) is 4.79 Å². The molecule has 0 aromatic heterocycles. The number of esters is 1. The Kier molecular flexibility index (Phi) is 3.26. The SMILES string of the molecule is CC1(OC(=O)c2ccccc2Cl)CC(C)(C)[N+]([O-])=N1. The summed E-state index contributed by atoms with van der Waals surface area (Å²) in [5.74, 6) is -0.581. The van der Waals surface area contributed by atoms with Crippen molar-refractivity contribution >= 4 is 17.6 Å². The minimum Gasteiger partial charge on any atom is -0.599 e. The van der Waals surface area contributed by atoms with Crippen LogP contribution in [0.15, 0.2) is 29.4 Å². The van der Waals surface area contributed by atoms with Crippen molar-refractivity contribution in [1.82, 2.24) is 0 Å². The van der Waals surface area contributed by atoms with Crippen molar-refractivity contribution in [2.75, 3.05) is 0 Å². The smallest absolute Gasteiger partial charge is 0.342 e. The van der Waals surface area contributed by atoms with Gasteiger partial charge in [-0.05, 0) is 12.1 Å². The predicted octanol–water partition coefficient (Wildman–Crippen LogP) is 3.36. The van der Waals surface area contributed by atoms with Gasteiger partial charge in [-0.1, -0.05) is 28.6 Å². The van der Waals surface area contributed by atoms with Gasteiger partial charge in [0, 0.05) is 25.9 Å². The van der Waals surface area contributed by atoms with Gasteiger partial charge in [0.2, 0.25) is 0 Å². The fourth-order valence-corrected chi connectivity index (χ4v) is 2.38. The molecule has 6 heteroatoms. The maximum Gasteiger partial charge on any atom is 0.342 e. The second kappa shape index (κ2) is 4.49. The van der Waals surface area contributed by atoms with Gasteiger partial charge in [-0.3, -0.25) is 0 Å². The number of benzene rings is 1. The van der Waals surface area contributed by atoms with Crippen molar-refractivity contribution in [3.63, 3.8) is 0 Å². The van der Waals surface area contributed by atoms with Crippen LogP contribution >= 0.6 is 11.6 Å². The fraction of sp³-hybridized carbons (Fsp3) is 0.462. The van der Waals surface area contributed by atoms with E-state index in [1.807, 2.05) is 0 Å². The van der Waals surface area contributed by atoms with Gasteiger partial charge in [0.25, 0.3) is 5.72 Å².